The van der Waals surface area contributed by atoms with Crippen LogP contribution in [0.3, 0.4) is 0 Å². The van der Waals surface area contributed by atoms with Crippen LogP contribution in [0.5, 0.6) is 0 Å². The van der Waals surface area contributed by atoms with Gasteiger partial charge in [0, 0.05) is 28.3 Å². The van der Waals surface area contributed by atoms with E-state index in [1.165, 1.54) is 11.8 Å². The zero-order chi connectivity index (χ0) is 15.6. The van der Waals surface area contributed by atoms with Gasteiger partial charge in [-0.25, -0.2) is 13.2 Å². The van der Waals surface area contributed by atoms with E-state index >= 15 is 0 Å². The topological polar surface area (TPSA) is 38.0 Å². The van der Waals surface area contributed by atoms with Crippen molar-refractivity contribution in [2.45, 2.75) is 4.90 Å². The van der Waals surface area contributed by atoms with Gasteiger partial charge in [-0.3, -0.25) is 0 Å². The quantitative estimate of drug-likeness (QED) is 0.501. The fourth-order valence-electron chi connectivity index (χ4n) is 1.82. The molecule has 0 fully saturated rings. The van der Waals surface area contributed by atoms with Gasteiger partial charge in [0.1, 0.15) is 10.8 Å². The molecule has 7 heteroatoms. The first-order chi connectivity index (χ1) is 9.93. The van der Waals surface area contributed by atoms with Crippen LogP contribution in [0.1, 0.15) is 5.56 Å². The lowest BCUT2D eigenvalue weighted by Crippen LogP contribution is -2.13. The highest BCUT2D eigenvalue weighted by Gasteiger charge is 2.14. The fourth-order valence-corrected chi connectivity index (χ4v) is 2.75. The maximum atomic E-state index is 13.7. The van der Waals surface area contributed by atoms with E-state index in [1.807, 2.05) is 12.3 Å². The molecule has 0 aliphatic heterocycles. The summed E-state index contributed by atoms with van der Waals surface area (Å²) in [5.41, 5.74) is 6.46. The largest absolute Gasteiger partial charge is 0.389 e. The minimum atomic E-state index is -1.24. The Hall–Kier alpha value is -1.73. The standard InChI is InChI=1S/C14H11F3N2S2/c1-21-12-4-2-3-10(13(12)14(18)20)19-11-6-8(16)7(15)5-9(11)17/h2-6,19H,1H3,(H2,18,20). The second-order valence-electron chi connectivity index (χ2n) is 4.12. The van der Waals surface area contributed by atoms with Gasteiger partial charge in [0.25, 0.3) is 0 Å². The van der Waals surface area contributed by atoms with Crippen LogP contribution in [-0.4, -0.2) is 11.2 Å². The molecular weight excluding hydrogens is 317 g/mol. The summed E-state index contributed by atoms with van der Waals surface area (Å²) >= 11 is 6.42. The fraction of sp³-hybridized carbons (Fsp3) is 0.0714. The van der Waals surface area contributed by atoms with Crippen LogP contribution in [0.15, 0.2) is 35.2 Å². The van der Waals surface area contributed by atoms with E-state index in [-0.39, 0.29) is 10.7 Å². The van der Waals surface area contributed by atoms with Gasteiger partial charge in [0.05, 0.1) is 5.69 Å². The molecule has 2 aromatic rings. The van der Waals surface area contributed by atoms with Gasteiger partial charge in [-0.05, 0) is 18.4 Å². The summed E-state index contributed by atoms with van der Waals surface area (Å²) in [6.07, 6.45) is 1.85. The van der Waals surface area contributed by atoms with Crippen molar-refractivity contribution in [3.63, 3.8) is 0 Å². The minimum Gasteiger partial charge on any atom is -0.389 e. The van der Waals surface area contributed by atoms with E-state index in [0.29, 0.717) is 17.3 Å². The third-order valence-corrected chi connectivity index (χ3v) is 3.76. The molecule has 0 saturated heterocycles. The van der Waals surface area contributed by atoms with Gasteiger partial charge < -0.3 is 11.1 Å². The molecule has 110 valence electrons. The Labute approximate surface area is 129 Å². The average molecular weight is 328 g/mol. The SMILES string of the molecule is CSc1cccc(Nc2cc(F)c(F)cc2F)c1C(N)=S. The zero-order valence-corrected chi connectivity index (χ0v) is 12.5. The van der Waals surface area contributed by atoms with E-state index in [2.05, 4.69) is 5.32 Å². The Morgan fingerprint density at radius 1 is 1.10 bits per heavy atom. The molecule has 0 radical (unpaired) electrons. The molecule has 0 aromatic heterocycles. The van der Waals surface area contributed by atoms with Crippen LogP contribution in [0, 0.1) is 17.5 Å². The first kappa shape index (κ1) is 15.7. The number of nitrogens with two attached hydrogens (primary N) is 1. The first-order valence-electron chi connectivity index (χ1n) is 5.82. The summed E-state index contributed by atoms with van der Waals surface area (Å²) < 4.78 is 39.9. The maximum Gasteiger partial charge on any atom is 0.161 e. The molecule has 2 aromatic carbocycles. The van der Waals surface area contributed by atoms with E-state index in [4.69, 9.17) is 18.0 Å². The van der Waals surface area contributed by atoms with E-state index in [1.54, 1.807) is 12.1 Å². The Morgan fingerprint density at radius 3 is 2.38 bits per heavy atom. The van der Waals surface area contributed by atoms with Crippen LogP contribution < -0.4 is 11.1 Å². The predicted molar refractivity (Wildman–Crippen MR) is 83.7 cm³/mol. The van der Waals surface area contributed by atoms with Crippen molar-refractivity contribution in [1.29, 1.82) is 0 Å². The number of anilines is 2. The Balaban J connectivity index is 2.49. The molecule has 0 spiro atoms. The molecule has 0 aliphatic rings. The Kier molecular flexibility index (Phi) is 4.74. The second-order valence-corrected chi connectivity index (χ2v) is 5.41. The lowest BCUT2D eigenvalue weighted by atomic mass is 10.1. The Bertz CT molecular complexity index is 705. The summed E-state index contributed by atoms with van der Waals surface area (Å²) in [7, 11) is 0. The number of thiocarbonyl (C=S) groups is 1. The third-order valence-electron chi connectivity index (χ3n) is 2.77. The lowest BCUT2D eigenvalue weighted by Gasteiger charge is -2.15. The number of thioether (sulfide) groups is 1. The summed E-state index contributed by atoms with van der Waals surface area (Å²) in [5.74, 6) is -3.29. The maximum absolute atomic E-state index is 13.7. The molecule has 0 atom stereocenters. The smallest absolute Gasteiger partial charge is 0.161 e. The van der Waals surface area contributed by atoms with E-state index in [0.717, 1.165) is 11.0 Å². The number of benzene rings is 2. The average Bonchev–Trinajstić information content (AvgIpc) is 2.44. The van der Waals surface area contributed by atoms with Crippen molar-refractivity contribution in [2.24, 2.45) is 5.73 Å². The molecule has 2 rings (SSSR count). The molecule has 3 N–H and O–H groups in total. The lowest BCUT2D eigenvalue weighted by molar-refractivity contribution is 0.496. The molecule has 21 heavy (non-hydrogen) atoms. The molecule has 0 heterocycles. The van der Waals surface area contributed by atoms with Gasteiger partial charge in [-0.15, -0.1) is 11.8 Å². The normalized spacial score (nSPS) is 10.5. The summed E-state index contributed by atoms with van der Waals surface area (Å²) in [5, 5.41) is 2.70. The molecule has 0 saturated carbocycles. The van der Waals surface area contributed by atoms with Crippen LogP contribution in [0.4, 0.5) is 24.5 Å². The molecule has 0 aliphatic carbocycles. The number of rotatable bonds is 4. The van der Waals surface area contributed by atoms with Gasteiger partial charge in [-0.1, -0.05) is 18.3 Å². The van der Waals surface area contributed by atoms with Crippen molar-refractivity contribution < 1.29 is 13.2 Å². The third kappa shape index (κ3) is 3.30. The van der Waals surface area contributed by atoms with Crippen molar-refractivity contribution in [1.82, 2.24) is 0 Å². The molecule has 0 bridgehead atoms. The molecular formula is C14H11F3N2S2. The zero-order valence-electron chi connectivity index (χ0n) is 10.9. The number of halogens is 3. The van der Waals surface area contributed by atoms with Crippen molar-refractivity contribution in [3.05, 3.63) is 53.3 Å². The van der Waals surface area contributed by atoms with Gasteiger partial charge in [0.15, 0.2) is 11.6 Å². The first-order valence-corrected chi connectivity index (χ1v) is 7.45. The van der Waals surface area contributed by atoms with Crippen LogP contribution in [-0.2, 0) is 0 Å². The minimum absolute atomic E-state index is 0.130. The Morgan fingerprint density at radius 2 is 1.76 bits per heavy atom. The van der Waals surface area contributed by atoms with Gasteiger partial charge in [-0.2, -0.15) is 0 Å². The van der Waals surface area contributed by atoms with Gasteiger partial charge >= 0.3 is 0 Å². The van der Waals surface area contributed by atoms with Crippen LogP contribution in [0.25, 0.3) is 0 Å². The van der Waals surface area contributed by atoms with Crippen molar-refractivity contribution >= 4 is 40.3 Å². The van der Waals surface area contributed by atoms with Gasteiger partial charge in [0.2, 0.25) is 0 Å². The highest BCUT2D eigenvalue weighted by Crippen LogP contribution is 2.30. The summed E-state index contributed by atoms with van der Waals surface area (Å²) in [6, 6.07) is 6.41. The van der Waals surface area contributed by atoms with Crippen LogP contribution >= 0.6 is 24.0 Å². The monoisotopic (exact) mass is 328 g/mol. The molecule has 0 unspecified atom stereocenters. The summed E-state index contributed by atoms with van der Waals surface area (Å²) in [6.45, 7) is 0. The van der Waals surface area contributed by atoms with Crippen molar-refractivity contribution in [3.8, 4) is 0 Å². The predicted octanol–water partition coefficient (Wildman–Crippen LogP) is 4.20. The number of nitrogens with one attached hydrogen (secondary N) is 1. The number of hydrogen-bond acceptors (Lipinski definition) is 3. The van der Waals surface area contributed by atoms with Crippen molar-refractivity contribution in [2.75, 3.05) is 11.6 Å². The second kappa shape index (κ2) is 6.36. The summed E-state index contributed by atoms with van der Waals surface area (Å²) in [4.78, 5) is 0.931. The highest BCUT2D eigenvalue weighted by atomic mass is 32.2. The number of hydrogen-bond donors (Lipinski definition) is 2. The van der Waals surface area contributed by atoms with Crippen LogP contribution in [0.2, 0.25) is 0 Å². The molecule has 2 nitrogen and oxygen atoms in total. The molecule has 0 amide bonds. The highest BCUT2D eigenvalue weighted by molar-refractivity contribution is 7.98. The van der Waals surface area contributed by atoms with E-state index < -0.39 is 17.5 Å². The van der Waals surface area contributed by atoms with E-state index in [9.17, 15) is 13.2 Å².